The van der Waals surface area contributed by atoms with Crippen molar-refractivity contribution in [3.63, 3.8) is 0 Å². The van der Waals surface area contributed by atoms with Gasteiger partial charge in [0.15, 0.2) is 0 Å². The van der Waals surface area contributed by atoms with Gasteiger partial charge in [-0.1, -0.05) is 123 Å². The van der Waals surface area contributed by atoms with Gasteiger partial charge in [0.25, 0.3) is 12.1 Å². The maximum Gasteiger partial charge on any atom is 0.266 e. The van der Waals surface area contributed by atoms with Crippen LogP contribution in [-0.4, -0.2) is 79.5 Å². The molecule has 1 saturated heterocycles. The first-order valence-corrected chi connectivity index (χ1v) is 19.5. The molecule has 7 nitrogen and oxygen atoms in total. The maximum absolute atomic E-state index is 7.35. The third-order valence-corrected chi connectivity index (χ3v) is 15.0. The van der Waals surface area contributed by atoms with E-state index in [0.717, 1.165) is 19.3 Å². The normalized spacial score (nSPS) is 23.2. The first-order chi connectivity index (χ1) is 21.9. The van der Waals surface area contributed by atoms with Gasteiger partial charge in [-0.05, 0) is 62.4 Å². The molecule has 1 unspecified atom stereocenters. The summed E-state index contributed by atoms with van der Waals surface area (Å²) in [5, 5.41) is 4.33. The summed E-state index contributed by atoms with van der Waals surface area (Å²) < 4.78 is 23.5. The van der Waals surface area contributed by atoms with Crippen LogP contribution in [0, 0.1) is 5.92 Å². The second-order valence-corrected chi connectivity index (χ2v) is 21.9. The van der Waals surface area contributed by atoms with Gasteiger partial charge in [0.2, 0.25) is 5.90 Å². The molecule has 0 amide bonds. The molecule has 2 heterocycles. The molecule has 2 aliphatic heterocycles. The van der Waals surface area contributed by atoms with Crippen LogP contribution in [0.4, 0.5) is 0 Å². The summed E-state index contributed by atoms with van der Waals surface area (Å²) in [5.74, 6) is -0.172. The highest BCUT2D eigenvalue weighted by atomic mass is 35.6. The number of piperidine rings is 1. The molecule has 0 radical (unpaired) electrons. The number of ether oxygens (including phenoxy) is 3. The molecule has 2 aromatic carbocycles. The number of halogens is 3. The number of rotatable bonds is 13. The van der Waals surface area contributed by atoms with E-state index in [-0.39, 0.29) is 47.9 Å². The Balaban J connectivity index is 1.75. The Morgan fingerprint density at radius 1 is 0.915 bits per heavy atom. The number of aliphatic imine (C=N–C) groups is 1. The molecule has 11 heteroatoms. The van der Waals surface area contributed by atoms with Crippen LogP contribution in [0.15, 0.2) is 65.7 Å². The Morgan fingerprint density at radius 2 is 1.45 bits per heavy atom. The molecule has 262 valence electrons. The summed E-state index contributed by atoms with van der Waals surface area (Å²) >= 11 is 19.0. The third kappa shape index (κ3) is 8.41. The van der Waals surface area contributed by atoms with E-state index in [4.69, 9.17) is 63.3 Å². The highest BCUT2D eigenvalue weighted by Gasteiger charge is 2.55. The number of benzene rings is 2. The largest absolute Gasteiger partial charge is 0.475 e. The fourth-order valence-corrected chi connectivity index (χ4v) is 12.5. The molecular formula is C36H53Cl3N2O5Si. The fraction of sp³-hybridized carbons (Fsp3) is 0.639. The summed E-state index contributed by atoms with van der Waals surface area (Å²) in [5.41, 5.74) is -1.42. The Kier molecular flexibility index (Phi) is 12.3. The Hall–Kier alpha value is -1.20. The van der Waals surface area contributed by atoms with Crippen molar-refractivity contribution in [3.05, 3.63) is 60.7 Å². The summed E-state index contributed by atoms with van der Waals surface area (Å²) in [6.07, 6.45) is 2.57. The van der Waals surface area contributed by atoms with Gasteiger partial charge in [-0.3, -0.25) is 4.84 Å². The molecule has 3 atom stereocenters. The summed E-state index contributed by atoms with van der Waals surface area (Å²) in [7, 11) is -1.24. The SMILES string of the molecule is COCO[C@@H]([C@@H](C)CO[Si](c1ccccc1)(c1ccccc1)C(C)(C)C)C1(CON2C(C)(C)CCCC2(C)C)COC(C(Cl)(Cl)Cl)=N1. The predicted octanol–water partition coefficient (Wildman–Crippen LogP) is 7.70. The molecule has 0 saturated carbocycles. The minimum atomic E-state index is -2.84. The minimum Gasteiger partial charge on any atom is -0.475 e. The quantitative estimate of drug-likeness (QED) is 0.120. The molecule has 0 bridgehead atoms. The van der Waals surface area contributed by atoms with Crippen LogP contribution in [0.3, 0.4) is 0 Å². The lowest BCUT2D eigenvalue weighted by atomic mass is 9.82. The van der Waals surface area contributed by atoms with Crippen LogP contribution in [0.1, 0.15) is 74.7 Å². The van der Waals surface area contributed by atoms with Crippen molar-refractivity contribution in [3.8, 4) is 0 Å². The van der Waals surface area contributed by atoms with E-state index in [2.05, 4.69) is 109 Å². The average Bonchev–Trinajstić information content (AvgIpc) is 3.43. The van der Waals surface area contributed by atoms with Gasteiger partial charge in [-0.25, -0.2) is 4.99 Å². The number of nitrogens with zero attached hydrogens (tertiary/aromatic N) is 2. The molecule has 0 N–H and O–H groups in total. The molecule has 2 aliphatic rings. The van der Waals surface area contributed by atoms with Crippen molar-refractivity contribution in [1.82, 2.24) is 5.06 Å². The minimum absolute atomic E-state index is 0.0226. The number of hydrogen-bond acceptors (Lipinski definition) is 7. The van der Waals surface area contributed by atoms with Gasteiger partial charge in [-0.15, -0.1) is 0 Å². The Labute approximate surface area is 298 Å². The topological polar surface area (TPSA) is 61.8 Å². The summed E-state index contributed by atoms with van der Waals surface area (Å²) in [4.78, 5) is 11.8. The van der Waals surface area contributed by atoms with Gasteiger partial charge in [0, 0.05) is 30.7 Å². The van der Waals surface area contributed by atoms with Crippen LogP contribution < -0.4 is 10.4 Å². The smallest absolute Gasteiger partial charge is 0.266 e. The lowest BCUT2D eigenvalue weighted by molar-refractivity contribution is -0.293. The van der Waals surface area contributed by atoms with E-state index in [1.54, 1.807) is 7.11 Å². The standard InChI is InChI=1S/C36H53Cl3N2O5Si/c1-27(23-46-47(32(2,3)4,28-17-12-10-13-18-28)29-19-14-11-15-20-29)30(44-26-42-9)35(24-43-31(40-35)36(37,38)39)25-45-41-33(5,6)21-16-22-34(41,7)8/h10-15,17-20,27,30H,16,21-26H2,1-9H3/t27-,30-,35?/m0/s1. The van der Waals surface area contributed by atoms with E-state index in [0.29, 0.717) is 6.61 Å². The van der Waals surface area contributed by atoms with Crippen molar-refractivity contribution < 1.29 is 23.5 Å². The zero-order chi connectivity index (χ0) is 34.7. The molecule has 2 aromatic rings. The van der Waals surface area contributed by atoms with Crippen molar-refractivity contribution in [1.29, 1.82) is 0 Å². The first-order valence-electron chi connectivity index (χ1n) is 16.5. The molecule has 0 spiro atoms. The van der Waals surface area contributed by atoms with Crippen molar-refractivity contribution in [2.45, 2.75) is 106 Å². The number of hydroxylamine groups is 2. The fourth-order valence-electron chi connectivity index (χ4n) is 7.50. The highest BCUT2D eigenvalue weighted by molar-refractivity contribution is 6.99. The second kappa shape index (κ2) is 15.0. The van der Waals surface area contributed by atoms with Crippen LogP contribution in [0.25, 0.3) is 0 Å². The van der Waals surface area contributed by atoms with E-state index in [1.807, 2.05) is 12.1 Å². The molecule has 0 aliphatic carbocycles. The lowest BCUT2D eigenvalue weighted by Crippen LogP contribution is -2.67. The van der Waals surface area contributed by atoms with Gasteiger partial charge >= 0.3 is 0 Å². The molecule has 1 fully saturated rings. The molecular weight excluding hydrogens is 675 g/mol. The first kappa shape index (κ1) is 38.6. The monoisotopic (exact) mass is 726 g/mol. The highest BCUT2D eigenvalue weighted by Crippen LogP contribution is 2.43. The number of alkyl halides is 3. The lowest BCUT2D eigenvalue weighted by Gasteiger charge is -2.52. The second-order valence-electron chi connectivity index (χ2n) is 15.3. The van der Waals surface area contributed by atoms with Crippen LogP contribution in [-0.2, 0) is 23.5 Å². The zero-order valence-electron chi connectivity index (χ0n) is 29.4. The maximum atomic E-state index is 7.35. The molecule has 47 heavy (non-hydrogen) atoms. The molecule has 0 aromatic heterocycles. The zero-order valence-corrected chi connectivity index (χ0v) is 32.7. The van der Waals surface area contributed by atoms with Crippen molar-refractivity contribution in [2.75, 3.05) is 33.7 Å². The predicted molar refractivity (Wildman–Crippen MR) is 196 cm³/mol. The van der Waals surface area contributed by atoms with Crippen LogP contribution in [0.5, 0.6) is 0 Å². The third-order valence-electron chi connectivity index (χ3n) is 9.54. The average molecular weight is 728 g/mol. The summed E-state index contributed by atoms with van der Waals surface area (Å²) in [6.45, 7) is 18.4. The van der Waals surface area contributed by atoms with E-state index in [1.165, 1.54) is 10.4 Å². The molecule has 4 rings (SSSR count). The van der Waals surface area contributed by atoms with Crippen LogP contribution >= 0.6 is 34.8 Å². The summed E-state index contributed by atoms with van der Waals surface area (Å²) in [6, 6.07) is 21.2. The van der Waals surface area contributed by atoms with Crippen molar-refractivity contribution in [2.24, 2.45) is 10.9 Å². The van der Waals surface area contributed by atoms with Crippen LogP contribution in [0.2, 0.25) is 5.04 Å². The number of methoxy groups -OCH3 is 1. The van der Waals surface area contributed by atoms with Gasteiger partial charge < -0.3 is 18.6 Å². The van der Waals surface area contributed by atoms with Gasteiger partial charge in [0.05, 0.1) is 12.7 Å². The van der Waals surface area contributed by atoms with E-state index in [9.17, 15) is 0 Å². The Morgan fingerprint density at radius 3 is 1.89 bits per heavy atom. The van der Waals surface area contributed by atoms with E-state index >= 15 is 0 Å². The van der Waals surface area contributed by atoms with E-state index < -0.39 is 23.8 Å². The number of hydrogen-bond donors (Lipinski definition) is 0. The van der Waals surface area contributed by atoms with Gasteiger partial charge in [-0.2, -0.15) is 5.06 Å². The van der Waals surface area contributed by atoms with Crippen molar-refractivity contribution >= 4 is 59.4 Å². The van der Waals surface area contributed by atoms with Gasteiger partial charge in [0.1, 0.15) is 18.9 Å². The Bertz CT molecular complexity index is 1280.